The van der Waals surface area contributed by atoms with Gasteiger partial charge in [-0.05, 0) is 6.92 Å². The van der Waals surface area contributed by atoms with Crippen molar-refractivity contribution in [1.82, 2.24) is 19.8 Å². The third-order valence-electron chi connectivity index (χ3n) is 3.39. The van der Waals surface area contributed by atoms with Crippen molar-refractivity contribution < 1.29 is 22.8 Å². The molecule has 0 radical (unpaired) electrons. The third-order valence-corrected chi connectivity index (χ3v) is 3.39. The van der Waals surface area contributed by atoms with Gasteiger partial charge in [0, 0.05) is 37.9 Å². The summed E-state index contributed by atoms with van der Waals surface area (Å²) in [5.41, 5.74) is 0. The van der Waals surface area contributed by atoms with Gasteiger partial charge in [-0.25, -0.2) is 4.98 Å². The molecule has 2 heterocycles. The molecule has 1 aliphatic heterocycles. The zero-order valence-electron chi connectivity index (χ0n) is 12.0. The Balaban J connectivity index is 1.84. The topological polar surface area (TPSA) is 67.2 Å². The molecule has 0 aromatic carbocycles. The Labute approximate surface area is 125 Å². The molecule has 0 saturated carbocycles. The lowest BCUT2D eigenvalue weighted by Crippen LogP contribution is -2.41. The van der Waals surface area contributed by atoms with E-state index in [1.165, 1.54) is 0 Å². The summed E-state index contributed by atoms with van der Waals surface area (Å²) in [6.45, 7) is 0.781. The number of carbonyl (C=O) groups excluding carboxylic acids is 2. The summed E-state index contributed by atoms with van der Waals surface area (Å²) in [7, 11) is 0. The number of alkyl halides is 3. The number of carbonyl (C=O) groups is 2. The molecule has 1 saturated heterocycles. The number of halogens is 3. The van der Waals surface area contributed by atoms with Gasteiger partial charge in [-0.3, -0.25) is 9.59 Å². The van der Waals surface area contributed by atoms with Gasteiger partial charge in [-0.15, -0.1) is 0 Å². The second kappa shape index (κ2) is 6.37. The summed E-state index contributed by atoms with van der Waals surface area (Å²) in [5, 5.41) is 2.72. The molecule has 0 spiro atoms. The number of hydrogen-bond acceptors (Lipinski definition) is 3. The molecule has 1 N–H and O–H groups in total. The number of nitrogens with one attached hydrogen (secondary N) is 1. The highest BCUT2D eigenvalue weighted by molar-refractivity contribution is 5.89. The van der Waals surface area contributed by atoms with Gasteiger partial charge in [0.15, 0.2) is 0 Å². The third kappa shape index (κ3) is 4.47. The maximum atomic E-state index is 12.3. The van der Waals surface area contributed by atoms with E-state index in [0.29, 0.717) is 11.4 Å². The molecule has 2 rings (SSSR count). The van der Waals surface area contributed by atoms with Crippen LogP contribution >= 0.6 is 0 Å². The molecule has 0 aliphatic carbocycles. The first-order valence-corrected chi connectivity index (χ1v) is 6.85. The highest BCUT2D eigenvalue weighted by Gasteiger charge is 2.40. The standard InChI is InChI=1S/C13H17F3N4O2/c1-9(5-19-3-2-17-8-19)18-12(22)10-4-11(21)20(6-10)7-13(14,15)16/h2-3,8-10H,4-7H2,1H3,(H,18,22)/t9-,10-/m1/s1. The van der Waals surface area contributed by atoms with E-state index >= 15 is 0 Å². The van der Waals surface area contributed by atoms with Crippen LogP contribution in [-0.4, -0.2) is 51.6 Å². The van der Waals surface area contributed by atoms with E-state index in [1.807, 2.05) is 0 Å². The lowest BCUT2D eigenvalue weighted by molar-refractivity contribution is -0.157. The molecule has 1 fully saturated rings. The zero-order chi connectivity index (χ0) is 16.3. The lowest BCUT2D eigenvalue weighted by Gasteiger charge is -2.19. The summed E-state index contributed by atoms with van der Waals surface area (Å²) in [4.78, 5) is 28.2. The number of nitrogens with zero attached hydrogens (tertiary/aromatic N) is 3. The first-order valence-electron chi connectivity index (χ1n) is 6.85. The fourth-order valence-electron chi connectivity index (χ4n) is 2.43. The quantitative estimate of drug-likeness (QED) is 0.873. The Hall–Kier alpha value is -2.06. The number of imidazole rings is 1. The maximum absolute atomic E-state index is 12.3. The minimum atomic E-state index is -4.45. The van der Waals surface area contributed by atoms with Crippen molar-refractivity contribution in [2.24, 2.45) is 5.92 Å². The van der Waals surface area contributed by atoms with Crippen LogP contribution in [0, 0.1) is 5.92 Å². The molecule has 9 heteroatoms. The first-order chi connectivity index (χ1) is 10.2. The number of aromatic nitrogens is 2. The monoisotopic (exact) mass is 318 g/mol. The minimum absolute atomic E-state index is 0.181. The van der Waals surface area contributed by atoms with Gasteiger partial charge in [0.05, 0.1) is 12.2 Å². The maximum Gasteiger partial charge on any atom is 0.406 e. The fraction of sp³-hybridized carbons (Fsp3) is 0.615. The lowest BCUT2D eigenvalue weighted by atomic mass is 10.1. The second-order valence-corrected chi connectivity index (χ2v) is 5.46. The summed E-state index contributed by atoms with van der Waals surface area (Å²) in [6, 6.07) is -0.214. The molecule has 2 amide bonds. The summed E-state index contributed by atoms with van der Waals surface area (Å²) >= 11 is 0. The van der Waals surface area contributed by atoms with Crippen molar-refractivity contribution in [3.05, 3.63) is 18.7 Å². The van der Waals surface area contributed by atoms with Crippen LogP contribution in [0.1, 0.15) is 13.3 Å². The van der Waals surface area contributed by atoms with E-state index in [1.54, 1.807) is 30.2 Å². The van der Waals surface area contributed by atoms with E-state index < -0.39 is 30.5 Å². The van der Waals surface area contributed by atoms with Crippen molar-refractivity contribution in [3.63, 3.8) is 0 Å². The molecule has 1 aliphatic rings. The number of rotatable bonds is 5. The van der Waals surface area contributed by atoms with Crippen molar-refractivity contribution in [1.29, 1.82) is 0 Å². The highest BCUT2D eigenvalue weighted by atomic mass is 19.4. The smallest absolute Gasteiger partial charge is 0.352 e. The van der Waals surface area contributed by atoms with Gasteiger partial charge in [0.1, 0.15) is 6.54 Å². The van der Waals surface area contributed by atoms with E-state index in [9.17, 15) is 22.8 Å². The Morgan fingerprint density at radius 2 is 2.27 bits per heavy atom. The van der Waals surface area contributed by atoms with Crippen LogP contribution < -0.4 is 5.32 Å². The van der Waals surface area contributed by atoms with Crippen LogP contribution in [0.3, 0.4) is 0 Å². The average molecular weight is 318 g/mol. The van der Waals surface area contributed by atoms with Crippen LogP contribution in [0.4, 0.5) is 13.2 Å². The number of hydrogen-bond donors (Lipinski definition) is 1. The van der Waals surface area contributed by atoms with E-state index in [0.717, 1.165) is 0 Å². The van der Waals surface area contributed by atoms with Crippen molar-refractivity contribution in [2.75, 3.05) is 13.1 Å². The molecule has 1 aromatic heterocycles. The van der Waals surface area contributed by atoms with Crippen LogP contribution in [-0.2, 0) is 16.1 Å². The van der Waals surface area contributed by atoms with Crippen molar-refractivity contribution in [2.45, 2.75) is 32.1 Å². The van der Waals surface area contributed by atoms with Crippen molar-refractivity contribution in [3.8, 4) is 0 Å². The summed E-state index contributed by atoms with van der Waals surface area (Å²) in [5.74, 6) is -1.77. The van der Waals surface area contributed by atoms with Crippen LogP contribution in [0.2, 0.25) is 0 Å². The van der Waals surface area contributed by atoms with Gasteiger partial charge >= 0.3 is 6.18 Å². The Bertz CT molecular complexity index is 530. The van der Waals surface area contributed by atoms with Gasteiger partial charge in [-0.2, -0.15) is 13.2 Å². The van der Waals surface area contributed by atoms with Gasteiger partial charge < -0.3 is 14.8 Å². The normalized spacial score (nSPS) is 20.3. The molecule has 122 valence electrons. The largest absolute Gasteiger partial charge is 0.406 e. The predicted molar refractivity (Wildman–Crippen MR) is 70.6 cm³/mol. The predicted octanol–water partition coefficient (Wildman–Crippen LogP) is 0.799. The van der Waals surface area contributed by atoms with Gasteiger partial charge in [0.2, 0.25) is 11.8 Å². The molecule has 0 bridgehead atoms. The molecule has 0 unspecified atom stereocenters. The van der Waals surface area contributed by atoms with E-state index in [2.05, 4.69) is 10.3 Å². The van der Waals surface area contributed by atoms with Gasteiger partial charge in [-0.1, -0.05) is 0 Å². The summed E-state index contributed by atoms with van der Waals surface area (Å²) in [6.07, 6.45) is 0.328. The van der Waals surface area contributed by atoms with Crippen LogP contribution in [0.25, 0.3) is 0 Å². The Morgan fingerprint density at radius 1 is 1.55 bits per heavy atom. The average Bonchev–Trinajstić information content (AvgIpc) is 2.98. The van der Waals surface area contributed by atoms with Crippen molar-refractivity contribution >= 4 is 11.8 Å². The highest BCUT2D eigenvalue weighted by Crippen LogP contribution is 2.24. The molecular formula is C13H17F3N4O2. The molecular weight excluding hydrogens is 301 g/mol. The number of amides is 2. The Morgan fingerprint density at radius 3 is 2.86 bits per heavy atom. The van der Waals surface area contributed by atoms with E-state index in [4.69, 9.17) is 0 Å². The van der Waals surface area contributed by atoms with Gasteiger partial charge in [0.25, 0.3) is 0 Å². The van der Waals surface area contributed by atoms with Crippen LogP contribution in [0.5, 0.6) is 0 Å². The zero-order valence-corrected chi connectivity index (χ0v) is 12.0. The molecule has 1 aromatic rings. The fourth-order valence-corrected chi connectivity index (χ4v) is 2.43. The second-order valence-electron chi connectivity index (χ2n) is 5.46. The van der Waals surface area contributed by atoms with Crippen LogP contribution in [0.15, 0.2) is 18.7 Å². The Kier molecular flexibility index (Phi) is 4.72. The summed E-state index contributed by atoms with van der Waals surface area (Å²) < 4.78 is 38.8. The first kappa shape index (κ1) is 16.3. The molecule has 2 atom stereocenters. The molecule has 22 heavy (non-hydrogen) atoms. The SMILES string of the molecule is C[C@H](Cn1ccnc1)NC(=O)[C@@H]1CC(=O)N(CC(F)(F)F)C1. The molecule has 6 nitrogen and oxygen atoms in total. The van der Waals surface area contributed by atoms with E-state index in [-0.39, 0.29) is 19.0 Å². The minimum Gasteiger partial charge on any atom is -0.352 e. The number of likely N-dealkylation sites (tertiary alicyclic amines) is 1.